The number of carbonyl (C=O) groups is 2. The van der Waals surface area contributed by atoms with Crippen molar-refractivity contribution in [2.75, 3.05) is 14.2 Å². The Morgan fingerprint density at radius 1 is 1.16 bits per heavy atom. The number of rotatable bonds is 4. The van der Waals surface area contributed by atoms with Crippen molar-refractivity contribution in [2.24, 2.45) is 16.3 Å². The highest BCUT2D eigenvalue weighted by Crippen LogP contribution is 2.49. The van der Waals surface area contributed by atoms with Crippen LogP contribution in [0.5, 0.6) is 5.75 Å². The molecular formula is C24H27N3O4. The van der Waals surface area contributed by atoms with E-state index in [2.05, 4.69) is 24.0 Å². The van der Waals surface area contributed by atoms with E-state index >= 15 is 0 Å². The maximum absolute atomic E-state index is 13.3. The number of carbonyl (C=O) groups excluding carboxylic acids is 2. The van der Waals surface area contributed by atoms with E-state index in [9.17, 15) is 9.59 Å². The fourth-order valence-corrected chi connectivity index (χ4v) is 4.73. The molecule has 2 heterocycles. The number of nitrogens with one attached hydrogen (secondary N) is 1. The Morgan fingerprint density at radius 2 is 1.87 bits per heavy atom. The van der Waals surface area contributed by atoms with Crippen molar-refractivity contribution >= 4 is 17.5 Å². The van der Waals surface area contributed by atoms with Gasteiger partial charge in [-0.15, -0.1) is 0 Å². The van der Waals surface area contributed by atoms with Crippen molar-refractivity contribution < 1.29 is 19.1 Å². The van der Waals surface area contributed by atoms with Gasteiger partial charge in [0, 0.05) is 40.4 Å². The number of ketones is 1. The molecule has 0 saturated heterocycles. The van der Waals surface area contributed by atoms with Gasteiger partial charge in [-0.3, -0.25) is 19.7 Å². The van der Waals surface area contributed by atoms with E-state index < -0.39 is 17.8 Å². The number of H-pyrrole nitrogens is 1. The molecule has 4 rings (SSSR count). The first-order valence-corrected chi connectivity index (χ1v) is 10.3. The number of methoxy groups -OCH3 is 2. The second-order valence-corrected chi connectivity index (χ2v) is 8.96. The van der Waals surface area contributed by atoms with Crippen LogP contribution in [0.15, 0.2) is 46.7 Å². The predicted octanol–water partition coefficient (Wildman–Crippen LogP) is 4.08. The molecular weight excluding hydrogens is 394 g/mol. The summed E-state index contributed by atoms with van der Waals surface area (Å²) < 4.78 is 10.4. The van der Waals surface area contributed by atoms with Gasteiger partial charge < -0.3 is 9.47 Å². The van der Waals surface area contributed by atoms with Gasteiger partial charge in [-0.2, -0.15) is 5.10 Å². The first kappa shape index (κ1) is 21.0. The lowest BCUT2D eigenvalue weighted by molar-refractivity contribution is -0.143. The molecule has 1 aliphatic carbocycles. The lowest BCUT2D eigenvalue weighted by Gasteiger charge is -2.38. The third-order valence-electron chi connectivity index (χ3n) is 6.14. The molecule has 0 amide bonds. The summed E-state index contributed by atoms with van der Waals surface area (Å²) in [6, 6.07) is 7.58. The highest BCUT2D eigenvalue weighted by Gasteiger charge is 2.47. The standard InChI is InChI=1S/C24H27N3O4/c1-13-19(23(29)31-5)20(21-17(26-13)10-24(2,3)11-18(21)28)16-12-25-27-22(16)14-6-8-15(30-4)9-7-14/h6-9,12,19-20H,10-11H2,1-5H3,(H,25,27)/t19?,20-/m0/s1. The van der Waals surface area contributed by atoms with Gasteiger partial charge in [-0.25, -0.2) is 0 Å². The molecule has 2 aliphatic rings. The minimum absolute atomic E-state index is 0.0308. The lowest BCUT2D eigenvalue weighted by atomic mass is 9.66. The van der Waals surface area contributed by atoms with E-state index in [0.29, 0.717) is 24.1 Å². The zero-order chi connectivity index (χ0) is 22.3. The van der Waals surface area contributed by atoms with Crippen LogP contribution >= 0.6 is 0 Å². The van der Waals surface area contributed by atoms with Gasteiger partial charge in [-0.05, 0) is 43.0 Å². The van der Waals surface area contributed by atoms with Crippen molar-refractivity contribution in [3.05, 3.63) is 47.3 Å². The van der Waals surface area contributed by atoms with Gasteiger partial charge >= 0.3 is 5.97 Å². The summed E-state index contributed by atoms with van der Waals surface area (Å²) in [6.07, 6.45) is 2.81. The van der Waals surface area contributed by atoms with Gasteiger partial charge in [0.25, 0.3) is 0 Å². The van der Waals surface area contributed by atoms with Crippen LogP contribution in [-0.2, 0) is 14.3 Å². The van der Waals surface area contributed by atoms with Crippen molar-refractivity contribution in [2.45, 2.75) is 39.5 Å². The number of hydrogen-bond acceptors (Lipinski definition) is 6. The first-order chi connectivity index (χ1) is 14.8. The van der Waals surface area contributed by atoms with Crippen molar-refractivity contribution in [1.29, 1.82) is 0 Å². The Morgan fingerprint density at radius 3 is 2.52 bits per heavy atom. The molecule has 0 radical (unpaired) electrons. The maximum atomic E-state index is 13.3. The van der Waals surface area contributed by atoms with Crippen LogP contribution in [0.4, 0.5) is 0 Å². The summed E-state index contributed by atoms with van der Waals surface area (Å²) in [7, 11) is 2.98. The molecule has 162 valence electrons. The van der Waals surface area contributed by atoms with Gasteiger partial charge in [0.05, 0.1) is 26.1 Å². The Labute approximate surface area is 181 Å². The third kappa shape index (κ3) is 3.69. The Hall–Kier alpha value is -3.22. The molecule has 7 nitrogen and oxygen atoms in total. The second-order valence-electron chi connectivity index (χ2n) is 8.96. The summed E-state index contributed by atoms with van der Waals surface area (Å²) >= 11 is 0. The molecule has 1 aliphatic heterocycles. The van der Waals surface area contributed by atoms with E-state index in [1.165, 1.54) is 7.11 Å². The molecule has 0 saturated carbocycles. The minimum Gasteiger partial charge on any atom is -0.497 e. The summed E-state index contributed by atoms with van der Waals surface area (Å²) in [6.45, 7) is 5.97. The van der Waals surface area contributed by atoms with E-state index in [-0.39, 0.29) is 11.2 Å². The number of ether oxygens (including phenoxy) is 2. The van der Waals surface area contributed by atoms with Crippen molar-refractivity contribution in [1.82, 2.24) is 10.2 Å². The van der Waals surface area contributed by atoms with Crippen LogP contribution in [0.25, 0.3) is 11.3 Å². The van der Waals surface area contributed by atoms with Crippen molar-refractivity contribution in [3.8, 4) is 17.0 Å². The average molecular weight is 421 g/mol. The lowest BCUT2D eigenvalue weighted by Crippen LogP contribution is -2.39. The summed E-state index contributed by atoms with van der Waals surface area (Å²) in [5.41, 5.74) is 4.31. The fourth-order valence-electron chi connectivity index (χ4n) is 4.73. The quantitative estimate of drug-likeness (QED) is 0.751. The predicted molar refractivity (Wildman–Crippen MR) is 117 cm³/mol. The van der Waals surface area contributed by atoms with Gasteiger partial charge in [0.1, 0.15) is 11.7 Å². The molecule has 2 aromatic rings. The molecule has 1 unspecified atom stereocenters. The second kappa shape index (κ2) is 7.80. The number of aromatic amines is 1. The van der Waals surface area contributed by atoms with Crippen LogP contribution < -0.4 is 4.74 Å². The van der Waals surface area contributed by atoms with Crippen LogP contribution in [0.2, 0.25) is 0 Å². The Kier molecular flexibility index (Phi) is 5.29. The zero-order valence-electron chi connectivity index (χ0n) is 18.5. The topological polar surface area (TPSA) is 93.6 Å². The SMILES string of the molecule is COC(=O)C1C(C)=NC2=C(C(=O)CC(C)(C)C2)[C@H]1c1cn[nH]c1-c1ccc(OC)cc1. The molecule has 0 fully saturated rings. The molecule has 0 bridgehead atoms. The molecule has 7 heteroatoms. The van der Waals surface area contributed by atoms with Crippen LogP contribution in [0.1, 0.15) is 45.1 Å². The van der Waals surface area contributed by atoms with E-state index in [1.807, 2.05) is 31.2 Å². The monoisotopic (exact) mass is 421 g/mol. The van der Waals surface area contributed by atoms with Gasteiger partial charge in [0.15, 0.2) is 5.78 Å². The normalized spacial score (nSPS) is 22.6. The average Bonchev–Trinajstić information content (AvgIpc) is 3.20. The molecule has 0 spiro atoms. The van der Waals surface area contributed by atoms with Crippen LogP contribution in [0.3, 0.4) is 0 Å². The number of hydrogen-bond donors (Lipinski definition) is 1. The Balaban J connectivity index is 1.89. The number of benzene rings is 1. The number of nitrogens with zero attached hydrogens (tertiary/aromatic N) is 2. The zero-order valence-corrected chi connectivity index (χ0v) is 18.5. The van der Waals surface area contributed by atoms with E-state index in [4.69, 9.17) is 14.5 Å². The van der Waals surface area contributed by atoms with Crippen molar-refractivity contribution in [3.63, 3.8) is 0 Å². The third-order valence-corrected chi connectivity index (χ3v) is 6.14. The number of aromatic nitrogens is 2. The van der Waals surface area contributed by atoms with E-state index in [0.717, 1.165) is 28.3 Å². The minimum atomic E-state index is -0.677. The maximum Gasteiger partial charge on any atom is 0.315 e. The largest absolute Gasteiger partial charge is 0.497 e. The first-order valence-electron chi connectivity index (χ1n) is 10.3. The fraction of sp³-hybridized carbons (Fsp3) is 0.417. The summed E-state index contributed by atoms with van der Waals surface area (Å²) in [4.78, 5) is 30.9. The van der Waals surface area contributed by atoms with Gasteiger partial charge in [0.2, 0.25) is 0 Å². The molecule has 2 atom stereocenters. The van der Waals surface area contributed by atoms with Crippen LogP contribution in [-0.4, -0.2) is 41.9 Å². The molecule has 1 aromatic carbocycles. The number of allylic oxidation sites excluding steroid dienone is 2. The highest BCUT2D eigenvalue weighted by molar-refractivity contribution is 6.09. The highest BCUT2D eigenvalue weighted by atomic mass is 16.5. The van der Waals surface area contributed by atoms with Gasteiger partial charge in [-0.1, -0.05) is 13.8 Å². The number of aliphatic imine (C=N–C) groups is 1. The van der Waals surface area contributed by atoms with E-state index in [1.54, 1.807) is 13.3 Å². The summed E-state index contributed by atoms with van der Waals surface area (Å²) in [5, 5.41) is 7.33. The number of Topliss-reactive ketones (excluding diaryl/α,β-unsaturated/α-hetero) is 1. The molecule has 1 aromatic heterocycles. The smallest absolute Gasteiger partial charge is 0.315 e. The summed E-state index contributed by atoms with van der Waals surface area (Å²) in [5.74, 6) is -0.809. The molecule has 1 N–H and O–H groups in total. The number of esters is 1. The Bertz CT molecular complexity index is 1090. The van der Waals surface area contributed by atoms with Crippen LogP contribution in [0, 0.1) is 11.3 Å². The molecule has 31 heavy (non-hydrogen) atoms.